The molecule has 0 aliphatic heterocycles. The van der Waals surface area contributed by atoms with Crippen molar-refractivity contribution in [2.75, 3.05) is 5.32 Å². The molecule has 0 atom stereocenters. The predicted octanol–water partition coefficient (Wildman–Crippen LogP) is 4.93. The molecular formula is C24H19NO4. The van der Waals surface area contributed by atoms with Gasteiger partial charge in [0.25, 0.3) is 5.91 Å². The van der Waals surface area contributed by atoms with Gasteiger partial charge in [-0.15, -0.1) is 0 Å². The molecule has 5 heteroatoms. The molecule has 0 fully saturated rings. The number of para-hydroxylation sites is 1. The van der Waals surface area contributed by atoms with Crippen molar-refractivity contribution in [3.63, 3.8) is 0 Å². The SMILES string of the molecule is Cc1cccc2cc(C(=O)Nc3ccc(OCc4ccccc4)cc3)c(=O)oc12. The minimum absolute atomic E-state index is 0.0347. The molecule has 0 bridgehead atoms. The topological polar surface area (TPSA) is 68.5 Å². The first-order valence-electron chi connectivity index (χ1n) is 9.22. The Labute approximate surface area is 167 Å². The Kier molecular flexibility index (Phi) is 5.12. The number of carbonyl (C=O) groups excluding carboxylic acids is 1. The summed E-state index contributed by atoms with van der Waals surface area (Å²) in [5, 5.41) is 3.43. The lowest BCUT2D eigenvalue weighted by molar-refractivity contribution is 0.102. The summed E-state index contributed by atoms with van der Waals surface area (Å²) in [4.78, 5) is 24.8. The van der Waals surface area contributed by atoms with E-state index in [0.29, 0.717) is 29.0 Å². The third kappa shape index (κ3) is 4.19. The number of fused-ring (bicyclic) bond motifs is 1. The monoisotopic (exact) mass is 385 g/mol. The summed E-state index contributed by atoms with van der Waals surface area (Å²) in [6.45, 7) is 2.32. The van der Waals surface area contributed by atoms with E-state index in [1.165, 1.54) is 0 Å². The third-order valence-electron chi connectivity index (χ3n) is 4.56. The number of benzene rings is 3. The number of amides is 1. The summed E-state index contributed by atoms with van der Waals surface area (Å²) < 4.78 is 11.1. The standard InChI is InChI=1S/C24H19NO4/c1-16-6-5-9-18-14-21(24(27)29-22(16)18)23(26)25-19-10-12-20(13-11-19)28-15-17-7-3-2-4-8-17/h2-14H,15H2,1H3,(H,25,26). The van der Waals surface area contributed by atoms with E-state index < -0.39 is 11.5 Å². The average molecular weight is 385 g/mol. The van der Waals surface area contributed by atoms with E-state index in [9.17, 15) is 9.59 Å². The molecular weight excluding hydrogens is 366 g/mol. The van der Waals surface area contributed by atoms with Crippen LogP contribution in [-0.4, -0.2) is 5.91 Å². The fourth-order valence-electron chi connectivity index (χ4n) is 3.02. The second-order valence-electron chi connectivity index (χ2n) is 6.69. The van der Waals surface area contributed by atoms with Gasteiger partial charge in [0.05, 0.1) is 0 Å². The van der Waals surface area contributed by atoms with E-state index in [4.69, 9.17) is 9.15 Å². The molecule has 29 heavy (non-hydrogen) atoms. The Morgan fingerprint density at radius 2 is 1.72 bits per heavy atom. The van der Waals surface area contributed by atoms with Crippen LogP contribution in [0.2, 0.25) is 0 Å². The first-order valence-corrected chi connectivity index (χ1v) is 9.22. The van der Waals surface area contributed by atoms with Gasteiger partial charge in [0.1, 0.15) is 23.5 Å². The normalized spacial score (nSPS) is 10.7. The van der Waals surface area contributed by atoms with Gasteiger partial charge in [-0.1, -0.05) is 48.5 Å². The van der Waals surface area contributed by atoms with E-state index in [1.807, 2.05) is 49.4 Å². The first kappa shape index (κ1) is 18.5. The molecule has 0 spiro atoms. The van der Waals surface area contributed by atoms with E-state index in [2.05, 4.69) is 5.32 Å². The Hall–Kier alpha value is -3.86. The zero-order valence-corrected chi connectivity index (χ0v) is 15.8. The van der Waals surface area contributed by atoms with Crippen LogP contribution in [0.25, 0.3) is 11.0 Å². The van der Waals surface area contributed by atoms with Gasteiger partial charge in [-0.25, -0.2) is 4.79 Å². The number of ether oxygens (including phenoxy) is 1. The van der Waals surface area contributed by atoms with E-state index in [-0.39, 0.29) is 5.56 Å². The minimum Gasteiger partial charge on any atom is -0.489 e. The van der Waals surface area contributed by atoms with Gasteiger partial charge in [0.15, 0.2) is 0 Å². The van der Waals surface area contributed by atoms with Crippen LogP contribution in [0.15, 0.2) is 88.1 Å². The quantitative estimate of drug-likeness (QED) is 0.495. The van der Waals surface area contributed by atoms with Gasteiger partial charge in [-0.3, -0.25) is 4.79 Å². The maximum Gasteiger partial charge on any atom is 0.349 e. The summed E-state index contributed by atoms with van der Waals surface area (Å²) in [6.07, 6.45) is 0. The highest BCUT2D eigenvalue weighted by atomic mass is 16.5. The molecule has 4 aromatic rings. The van der Waals surface area contributed by atoms with Crippen molar-refractivity contribution >= 4 is 22.6 Å². The Morgan fingerprint density at radius 3 is 2.48 bits per heavy atom. The number of rotatable bonds is 5. The number of hydrogen-bond acceptors (Lipinski definition) is 4. The van der Waals surface area contributed by atoms with Crippen LogP contribution in [0.5, 0.6) is 5.75 Å². The van der Waals surface area contributed by atoms with Crippen molar-refractivity contribution in [3.05, 3.63) is 106 Å². The molecule has 0 aliphatic rings. The Bertz CT molecular complexity index is 1210. The zero-order chi connectivity index (χ0) is 20.2. The number of aryl methyl sites for hydroxylation is 1. The number of carbonyl (C=O) groups is 1. The maximum absolute atomic E-state index is 12.6. The Morgan fingerprint density at radius 1 is 0.966 bits per heavy atom. The predicted molar refractivity (Wildman–Crippen MR) is 112 cm³/mol. The van der Waals surface area contributed by atoms with Crippen molar-refractivity contribution in [1.82, 2.24) is 0 Å². The molecule has 144 valence electrons. The van der Waals surface area contributed by atoms with Gasteiger partial charge in [0, 0.05) is 11.1 Å². The fraction of sp³-hybridized carbons (Fsp3) is 0.0833. The molecule has 0 aliphatic carbocycles. The molecule has 5 nitrogen and oxygen atoms in total. The molecule has 1 amide bonds. The highest BCUT2D eigenvalue weighted by molar-refractivity contribution is 6.05. The molecule has 1 aromatic heterocycles. The van der Waals surface area contributed by atoms with E-state index in [1.54, 1.807) is 36.4 Å². The highest BCUT2D eigenvalue weighted by Gasteiger charge is 2.14. The van der Waals surface area contributed by atoms with Crippen LogP contribution in [0.4, 0.5) is 5.69 Å². The molecule has 3 aromatic carbocycles. The molecule has 1 N–H and O–H groups in total. The van der Waals surface area contributed by atoms with Gasteiger partial charge in [-0.05, 0) is 48.4 Å². The molecule has 0 saturated heterocycles. The second kappa shape index (κ2) is 8.02. The molecule has 0 radical (unpaired) electrons. The van der Waals surface area contributed by atoms with Crippen LogP contribution in [0.1, 0.15) is 21.5 Å². The van der Waals surface area contributed by atoms with Crippen molar-refractivity contribution in [2.45, 2.75) is 13.5 Å². The van der Waals surface area contributed by atoms with Gasteiger partial charge < -0.3 is 14.5 Å². The van der Waals surface area contributed by atoms with Gasteiger partial charge in [0.2, 0.25) is 0 Å². The lowest BCUT2D eigenvalue weighted by Gasteiger charge is -2.09. The molecule has 0 saturated carbocycles. The van der Waals surface area contributed by atoms with E-state index >= 15 is 0 Å². The average Bonchev–Trinajstić information content (AvgIpc) is 2.74. The summed E-state index contributed by atoms with van der Waals surface area (Å²) >= 11 is 0. The van der Waals surface area contributed by atoms with Gasteiger partial charge >= 0.3 is 5.63 Å². The van der Waals surface area contributed by atoms with E-state index in [0.717, 1.165) is 11.1 Å². The zero-order valence-electron chi connectivity index (χ0n) is 15.8. The molecule has 4 rings (SSSR count). The van der Waals surface area contributed by atoms with Gasteiger partial charge in [-0.2, -0.15) is 0 Å². The fourth-order valence-corrected chi connectivity index (χ4v) is 3.02. The smallest absolute Gasteiger partial charge is 0.349 e. The minimum atomic E-state index is -0.660. The first-order chi connectivity index (χ1) is 14.1. The third-order valence-corrected chi connectivity index (χ3v) is 4.56. The lowest BCUT2D eigenvalue weighted by atomic mass is 10.1. The van der Waals surface area contributed by atoms with Crippen molar-refractivity contribution in [1.29, 1.82) is 0 Å². The van der Waals surface area contributed by atoms with Crippen molar-refractivity contribution < 1.29 is 13.9 Å². The van der Waals surface area contributed by atoms with Crippen LogP contribution in [0, 0.1) is 6.92 Å². The number of anilines is 1. The summed E-state index contributed by atoms with van der Waals surface area (Å²) in [5.74, 6) is 0.174. The molecule has 1 heterocycles. The van der Waals surface area contributed by atoms with Crippen LogP contribution < -0.4 is 15.7 Å². The van der Waals surface area contributed by atoms with Crippen LogP contribution in [0.3, 0.4) is 0 Å². The summed E-state index contributed by atoms with van der Waals surface area (Å²) in [6, 6.07) is 23.9. The summed E-state index contributed by atoms with van der Waals surface area (Å²) in [5.41, 5.74) is 2.28. The second-order valence-corrected chi connectivity index (χ2v) is 6.69. The highest BCUT2D eigenvalue weighted by Crippen LogP contribution is 2.20. The van der Waals surface area contributed by atoms with Crippen molar-refractivity contribution in [2.24, 2.45) is 0 Å². The number of hydrogen-bond donors (Lipinski definition) is 1. The van der Waals surface area contributed by atoms with Crippen molar-refractivity contribution in [3.8, 4) is 5.75 Å². The number of nitrogens with one attached hydrogen (secondary N) is 1. The van der Waals surface area contributed by atoms with Crippen LogP contribution >= 0.6 is 0 Å². The summed E-state index contributed by atoms with van der Waals surface area (Å²) in [7, 11) is 0. The largest absolute Gasteiger partial charge is 0.489 e. The van der Waals surface area contributed by atoms with Crippen LogP contribution in [-0.2, 0) is 6.61 Å². The maximum atomic E-state index is 12.6. The molecule has 0 unspecified atom stereocenters. The Balaban J connectivity index is 1.46. The lowest BCUT2D eigenvalue weighted by Crippen LogP contribution is -2.20.